The fraction of sp³-hybridized carbons (Fsp3) is 0.259. The molecule has 1 heterocycles. The van der Waals surface area contributed by atoms with Gasteiger partial charge < -0.3 is 19.9 Å². The van der Waals surface area contributed by atoms with E-state index in [1.165, 1.54) is 5.56 Å². The summed E-state index contributed by atoms with van der Waals surface area (Å²) in [6, 6.07) is 22.5. The minimum Gasteiger partial charge on any atom is -0.492 e. The molecule has 0 unspecified atom stereocenters. The lowest BCUT2D eigenvalue weighted by Gasteiger charge is -2.32. The van der Waals surface area contributed by atoms with E-state index in [0.29, 0.717) is 46.7 Å². The van der Waals surface area contributed by atoms with Crippen LogP contribution in [0.3, 0.4) is 0 Å². The predicted octanol–water partition coefficient (Wildman–Crippen LogP) is 4.71. The topological polar surface area (TPSA) is 61.9 Å². The SMILES string of the molecule is CN1CCN(C(=O)c2cccc(NC(=O)c3ccc(OCCc4ccccc4)c(Br)c3)c2)CC1. The van der Waals surface area contributed by atoms with Gasteiger partial charge in [0, 0.05) is 49.4 Å². The molecule has 1 fully saturated rings. The number of piperazine rings is 1. The van der Waals surface area contributed by atoms with Gasteiger partial charge in [0.15, 0.2) is 0 Å². The van der Waals surface area contributed by atoms with E-state index in [9.17, 15) is 9.59 Å². The Morgan fingerprint density at radius 3 is 2.41 bits per heavy atom. The zero-order valence-corrected chi connectivity index (χ0v) is 20.8. The van der Waals surface area contributed by atoms with Crippen molar-refractivity contribution in [3.8, 4) is 5.75 Å². The molecule has 0 bridgehead atoms. The Balaban J connectivity index is 1.35. The molecule has 0 atom stereocenters. The molecule has 1 saturated heterocycles. The van der Waals surface area contributed by atoms with Crippen LogP contribution < -0.4 is 10.1 Å². The molecule has 3 aromatic rings. The van der Waals surface area contributed by atoms with Crippen LogP contribution in [-0.4, -0.2) is 61.4 Å². The number of likely N-dealkylation sites (N-methyl/N-ethyl adjacent to an activating group) is 1. The van der Waals surface area contributed by atoms with Crippen LogP contribution in [0, 0.1) is 0 Å². The predicted molar refractivity (Wildman–Crippen MR) is 138 cm³/mol. The highest BCUT2D eigenvalue weighted by atomic mass is 79.9. The summed E-state index contributed by atoms with van der Waals surface area (Å²) in [6.45, 7) is 3.69. The zero-order chi connectivity index (χ0) is 23.9. The van der Waals surface area contributed by atoms with E-state index in [-0.39, 0.29) is 11.8 Å². The third kappa shape index (κ3) is 6.24. The Morgan fingerprint density at radius 1 is 0.912 bits per heavy atom. The highest BCUT2D eigenvalue weighted by Gasteiger charge is 2.20. The van der Waals surface area contributed by atoms with Gasteiger partial charge in [-0.25, -0.2) is 0 Å². The maximum Gasteiger partial charge on any atom is 0.255 e. The quantitative estimate of drug-likeness (QED) is 0.489. The summed E-state index contributed by atoms with van der Waals surface area (Å²) in [5, 5.41) is 2.90. The molecule has 2 amide bonds. The van der Waals surface area contributed by atoms with E-state index in [2.05, 4.69) is 45.3 Å². The van der Waals surface area contributed by atoms with Crippen molar-refractivity contribution < 1.29 is 14.3 Å². The lowest BCUT2D eigenvalue weighted by molar-refractivity contribution is 0.0664. The van der Waals surface area contributed by atoms with Crippen molar-refractivity contribution in [3.63, 3.8) is 0 Å². The van der Waals surface area contributed by atoms with E-state index in [0.717, 1.165) is 19.5 Å². The van der Waals surface area contributed by atoms with Gasteiger partial charge in [-0.3, -0.25) is 9.59 Å². The molecule has 1 aliphatic heterocycles. The van der Waals surface area contributed by atoms with Gasteiger partial charge in [-0.05, 0) is 64.9 Å². The molecule has 1 N–H and O–H groups in total. The highest BCUT2D eigenvalue weighted by Crippen LogP contribution is 2.27. The van der Waals surface area contributed by atoms with E-state index < -0.39 is 0 Å². The molecule has 1 aliphatic rings. The highest BCUT2D eigenvalue weighted by molar-refractivity contribution is 9.10. The van der Waals surface area contributed by atoms with Gasteiger partial charge in [-0.15, -0.1) is 0 Å². The molecule has 34 heavy (non-hydrogen) atoms. The lowest BCUT2D eigenvalue weighted by atomic mass is 10.1. The molecular weight excluding hydrogens is 494 g/mol. The summed E-state index contributed by atoms with van der Waals surface area (Å²) in [7, 11) is 2.06. The molecule has 0 radical (unpaired) electrons. The second-order valence-corrected chi connectivity index (χ2v) is 9.21. The van der Waals surface area contributed by atoms with Crippen LogP contribution in [0.2, 0.25) is 0 Å². The molecule has 0 aliphatic carbocycles. The first-order valence-electron chi connectivity index (χ1n) is 11.3. The Labute approximate surface area is 208 Å². The Hall–Kier alpha value is -3.16. The van der Waals surface area contributed by atoms with Gasteiger partial charge in [-0.2, -0.15) is 0 Å². The van der Waals surface area contributed by atoms with Crippen molar-refractivity contribution in [1.82, 2.24) is 9.80 Å². The Kier molecular flexibility index (Phi) is 7.98. The van der Waals surface area contributed by atoms with Crippen LogP contribution in [0.25, 0.3) is 0 Å². The lowest BCUT2D eigenvalue weighted by Crippen LogP contribution is -2.47. The molecule has 0 saturated carbocycles. The standard InChI is InChI=1S/C27H28BrN3O3/c1-30-13-15-31(16-14-30)27(33)22-8-5-9-23(18-22)29-26(32)21-10-11-25(24(28)19-21)34-17-12-20-6-3-2-4-7-20/h2-11,18-19H,12-17H2,1H3,(H,29,32). The number of hydrogen-bond acceptors (Lipinski definition) is 4. The van der Waals surface area contributed by atoms with Gasteiger partial charge in [0.1, 0.15) is 5.75 Å². The molecule has 0 spiro atoms. The summed E-state index contributed by atoms with van der Waals surface area (Å²) in [5.41, 5.74) is 2.87. The largest absolute Gasteiger partial charge is 0.492 e. The monoisotopic (exact) mass is 521 g/mol. The van der Waals surface area contributed by atoms with Crippen molar-refractivity contribution in [1.29, 1.82) is 0 Å². The first-order chi connectivity index (χ1) is 16.5. The zero-order valence-electron chi connectivity index (χ0n) is 19.2. The van der Waals surface area contributed by atoms with Crippen molar-refractivity contribution >= 4 is 33.4 Å². The van der Waals surface area contributed by atoms with Crippen molar-refractivity contribution in [2.24, 2.45) is 0 Å². The molecule has 6 nitrogen and oxygen atoms in total. The number of benzene rings is 3. The maximum absolute atomic E-state index is 12.8. The molecule has 3 aromatic carbocycles. The number of rotatable bonds is 7. The summed E-state index contributed by atoms with van der Waals surface area (Å²) < 4.78 is 6.59. The van der Waals surface area contributed by atoms with E-state index in [1.807, 2.05) is 23.1 Å². The fourth-order valence-corrected chi connectivity index (χ4v) is 4.30. The van der Waals surface area contributed by atoms with Gasteiger partial charge in [0.2, 0.25) is 0 Å². The van der Waals surface area contributed by atoms with Crippen LogP contribution in [0.5, 0.6) is 5.75 Å². The van der Waals surface area contributed by atoms with Crippen molar-refractivity contribution in [3.05, 3.63) is 94.0 Å². The van der Waals surface area contributed by atoms with Gasteiger partial charge in [-0.1, -0.05) is 36.4 Å². The second kappa shape index (κ2) is 11.3. The molecular formula is C27H28BrN3O3. The number of carbonyl (C=O) groups is 2. The number of hydrogen-bond donors (Lipinski definition) is 1. The third-order valence-electron chi connectivity index (χ3n) is 5.84. The number of carbonyl (C=O) groups excluding carboxylic acids is 2. The van der Waals surface area contributed by atoms with Crippen LogP contribution in [0.1, 0.15) is 26.3 Å². The average Bonchev–Trinajstić information content (AvgIpc) is 2.86. The van der Waals surface area contributed by atoms with Crippen molar-refractivity contribution in [2.75, 3.05) is 45.2 Å². The number of halogens is 1. The summed E-state index contributed by atoms with van der Waals surface area (Å²) >= 11 is 3.51. The van der Waals surface area contributed by atoms with Gasteiger partial charge in [0.25, 0.3) is 11.8 Å². The Bertz CT molecular complexity index is 1140. The van der Waals surface area contributed by atoms with Crippen LogP contribution in [0.15, 0.2) is 77.3 Å². The van der Waals surface area contributed by atoms with E-state index in [4.69, 9.17) is 4.74 Å². The van der Waals surface area contributed by atoms with Crippen LogP contribution in [0.4, 0.5) is 5.69 Å². The number of anilines is 1. The fourth-order valence-electron chi connectivity index (χ4n) is 3.81. The maximum atomic E-state index is 12.8. The van der Waals surface area contributed by atoms with Gasteiger partial charge in [0.05, 0.1) is 11.1 Å². The Morgan fingerprint density at radius 2 is 1.68 bits per heavy atom. The van der Waals surface area contributed by atoms with Crippen LogP contribution in [-0.2, 0) is 6.42 Å². The summed E-state index contributed by atoms with van der Waals surface area (Å²) in [6.07, 6.45) is 0.804. The minimum atomic E-state index is -0.249. The number of nitrogens with zero attached hydrogens (tertiary/aromatic N) is 2. The van der Waals surface area contributed by atoms with Crippen molar-refractivity contribution in [2.45, 2.75) is 6.42 Å². The number of nitrogens with one attached hydrogen (secondary N) is 1. The average molecular weight is 522 g/mol. The first kappa shape index (κ1) is 24.0. The van der Waals surface area contributed by atoms with Crippen LogP contribution >= 0.6 is 15.9 Å². The molecule has 0 aromatic heterocycles. The van der Waals surface area contributed by atoms with E-state index in [1.54, 1.807) is 42.5 Å². The molecule has 4 rings (SSSR count). The second-order valence-electron chi connectivity index (χ2n) is 8.36. The normalized spacial score (nSPS) is 14.0. The van der Waals surface area contributed by atoms with E-state index >= 15 is 0 Å². The molecule has 7 heteroatoms. The number of ether oxygens (including phenoxy) is 1. The van der Waals surface area contributed by atoms with Gasteiger partial charge >= 0.3 is 0 Å². The smallest absolute Gasteiger partial charge is 0.255 e. The summed E-state index contributed by atoms with van der Waals surface area (Å²) in [4.78, 5) is 29.7. The third-order valence-corrected chi connectivity index (χ3v) is 6.46. The minimum absolute atomic E-state index is 0.0102. The number of amides is 2. The molecule has 176 valence electrons. The first-order valence-corrected chi connectivity index (χ1v) is 12.1. The summed E-state index contributed by atoms with van der Waals surface area (Å²) in [5.74, 6) is 0.428.